The zero-order valence-electron chi connectivity index (χ0n) is 15.8. The number of carbonyl (C=O) groups is 2. The van der Waals surface area contributed by atoms with Crippen molar-refractivity contribution in [1.82, 2.24) is 4.90 Å². The van der Waals surface area contributed by atoms with Crippen molar-refractivity contribution in [2.24, 2.45) is 11.8 Å². The van der Waals surface area contributed by atoms with Gasteiger partial charge in [-0.1, -0.05) is 44.2 Å². The molecule has 0 aromatic heterocycles. The number of amides is 2. The van der Waals surface area contributed by atoms with Crippen LogP contribution in [-0.4, -0.2) is 34.9 Å². The summed E-state index contributed by atoms with van der Waals surface area (Å²) in [6.07, 6.45) is 1.18. The smallest absolute Gasteiger partial charge is 0.255 e. The molecule has 0 bridgehead atoms. The van der Waals surface area contributed by atoms with Gasteiger partial charge in [-0.3, -0.25) is 9.59 Å². The number of aromatic hydroxyl groups is 1. The Balaban J connectivity index is 1.75. The minimum atomic E-state index is -0.267. The van der Waals surface area contributed by atoms with Crippen molar-refractivity contribution in [1.29, 1.82) is 0 Å². The first-order valence-electron chi connectivity index (χ1n) is 9.39. The highest BCUT2D eigenvalue weighted by molar-refractivity contribution is 6.04. The Labute approximate surface area is 160 Å². The number of carbonyl (C=O) groups excluding carboxylic acids is 2. The van der Waals surface area contributed by atoms with Crippen molar-refractivity contribution < 1.29 is 14.7 Å². The van der Waals surface area contributed by atoms with Crippen LogP contribution in [0.3, 0.4) is 0 Å². The second kappa shape index (κ2) is 8.25. The number of hydrogen-bond acceptors (Lipinski definition) is 3. The van der Waals surface area contributed by atoms with Crippen LogP contribution in [-0.2, 0) is 11.2 Å². The van der Waals surface area contributed by atoms with Crippen LogP contribution in [0, 0.1) is 11.8 Å². The lowest BCUT2D eigenvalue weighted by Gasteiger charge is -2.35. The van der Waals surface area contributed by atoms with Gasteiger partial charge in [-0.05, 0) is 36.5 Å². The Morgan fingerprint density at radius 3 is 2.37 bits per heavy atom. The van der Waals surface area contributed by atoms with Crippen molar-refractivity contribution in [3.63, 3.8) is 0 Å². The first kappa shape index (κ1) is 19.0. The zero-order chi connectivity index (χ0) is 19.4. The second-order valence-corrected chi connectivity index (χ2v) is 7.56. The van der Waals surface area contributed by atoms with E-state index in [0.29, 0.717) is 28.7 Å². The molecule has 0 spiro atoms. The molecule has 2 unspecified atom stereocenters. The number of phenolic OH excluding ortho intramolecular Hbond substituents is 1. The Bertz CT molecular complexity index is 824. The topological polar surface area (TPSA) is 69.6 Å². The zero-order valence-corrected chi connectivity index (χ0v) is 15.8. The highest BCUT2D eigenvalue weighted by atomic mass is 16.3. The molecule has 1 aliphatic rings. The molecule has 2 aromatic rings. The van der Waals surface area contributed by atoms with Gasteiger partial charge in [0.15, 0.2) is 0 Å². The van der Waals surface area contributed by atoms with Gasteiger partial charge in [-0.25, -0.2) is 0 Å². The average Bonchev–Trinajstić information content (AvgIpc) is 2.63. The van der Waals surface area contributed by atoms with Crippen LogP contribution >= 0.6 is 0 Å². The summed E-state index contributed by atoms with van der Waals surface area (Å²) in [7, 11) is 0. The maximum atomic E-state index is 13.0. The summed E-state index contributed by atoms with van der Waals surface area (Å²) in [6, 6.07) is 13.9. The number of phenols is 1. The summed E-state index contributed by atoms with van der Waals surface area (Å²) in [5.74, 6) is 0.721. The number of nitrogens with zero attached hydrogens (tertiary/aromatic N) is 1. The van der Waals surface area contributed by atoms with Crippen LogP contribution < -0.4 is 5.32 Å². The highest BCUT2D eigenvalue weighted by Gasteiger charge is 2.27. The van der Waals surface area contributed by atoms with E-state index in [1.165, 1.54) is 0 Å². The number of nitrogens with one attached hydrogen (secondary N) is 1. The van der Waals surface area contributed by atoms with Gasteiger partial charge < -0.3 is 15.3 Å². The fourth-order valence-corrected chi connectivity index (χ4v) is 3.81. The Morgan fingerprint density at radius 1 is 1.04 bits per heavy atom. The molecule has 2 aromatic carbocycles. The number of rotatable bonds is 4. The normalized spacial score (nSPS) is 19.6. The number of piperidine rings is 1. The molecule has 2 N–H and O–H groups in total. The van der Waals surface area contributed by atoms with E-state index < -0.39 is 0 Å². The molecule has 0 radical (unpaired) electrons. The van der Waals surface area contributed by atoms with E-state index in [9.17, 15) is 14.7 Å². The third-order valence-corrected chi connectivity index (χ3v) is 4.93. The lowest BCUT2D eigenvalue weighted by atomic mass is 9.91. The van der Waals surface area contributed by atoms with Crippen molar-refractivity contribution in [3.05, 3.63) is 59.7 Å². The van der Waals surface area contributed by atoms with Crippen LogP contribution in [0.5, 0.6) is 5.75 Å². The molecular formula is C22H26N2O3. The van der Waals surface area contributed by atoms with Crippen LogP contribution in [0.25, 0.3) is 0 Å². The van der Waals surface area contributed by atoms with E-state index in [1.54, 1.807) is 42.5 Å². The second-order valence-electron chi connectivity index (χ2n) is 7.56. The third kappa shape index (κ3) is 4.67. The van der Waals surface area contributed by atoms with Crippen molar-refractivity contribution in [3.8, 4) is 5.75 Å². The molecule has 2 amide bonds. The number of hydrogen-bond donors (Lipinski definition) is 2. The number of anilines is 1. The monoisotopic (exact) mass is 366 g/mol. The fraction of sp³-hybridized carbons (Fsp3) is 0.364. The lowest BCUT2D eigenvalue weighted by Crippen LogP contribution is -2.42. The molecule has 1 fully saturated rings. The van der Waals surface area contributed by atoms with E-state index in [0.717, 1.165) is 19.5 Å². The van der Waals surface area contributed by atoms with Crippen LogP contribution in [0.1, 0.15) is 36.2 Å². The largest absolute Gasteiger partial charge is 0.508 e. The van der Waals surface area contributed by atoms with E-state index >= 15 is 0 Å². The average molecular weight is 366 g/mol. The summed E-state index contributed by atoms with van der Waals surface area (Å²) in [5.41, 5.74) is 1.57. The number of para-hydroxylation sites is 2. The molecule has 1 aliphatic heterocycles. The molecule has 0 aliphatic carbocycles. The maximum absolute atomic E-state index is 13.0. The van der Waals surface area contributed by atoms with E-state index in [-0.39, 0.29) is 24.0 Å². The molecule has 0 saturated carbocycles. The first-order valence-corrected chi connectivity index (χ1v) is 9.39. The van der Waals surface area contributed by atoms with E-state index in [2.05, 4.69) is 19.2 Å². The summed E-state index contributed by atoms with van der Waals surface area (Å²) in [4.78, 5) is 27.4. The van der Waals surface area contributed by atoms with Crippen molar-refractivity contribution >= 4 is 17.5 Å². The van der Waals surface area contributed by atoms with E-state index in [1.807, 2.05) is 11.0 Å². The van der Waals surface area contributed by atoms with Crippen LogP contribution in [0.15, 0.2) is 48.5 Å². The van der Waals surface area contributed by atoms with Crippen molar-refractivity contribution in [2.75, 3.05) is 18.4 Å². The van der Waals surface area contributed by atoms with Gasteiger partial charge >= 0.3 is 0 Å². The van der Waals surface area contributed by atoms with Gasteiger partial charge in [-0.15, -0.1) is 0 Å². The SMILES string of the molecule is CC1CC(C)CN(C(=O)c2ccccc2NC(=O)Cc2ccccc2O)C1. The van der Waals surface area contributed by atoms with Crippen LogP contribution in [0.2, 0.25) is 0 Å². The maximum Gasteiger partial charge on any atom is 0.255 e. The van der Waals surface area contributed by atoms with Crippen molar-refractivity contribution in [2.45, 2.75) is 26.7 Å². The molecule has 1 saturated heterocycles. The number of benzene rings is 2. The molecular weight excluding hydrogens is 340 g/mol. The summed E-state index contributed by atoms with van der Waals surface area (Å²) >= 11 is 0. The molecule has 3 rings (SSSR count). The Kier molecular flexibility index (Phi) is 5.79. The standard InChI is InChI=1S/C22H26N2O3/c1-15-11-16(2)14-24(13-15)22(27)18-8-4-5-9-19(18)23-21(26)12-17-7-3-6-10-20(17)25/h3-10,15-16,25H,11-14H2,1-2H3,(H,23,26). The molecule has 2 atom stereocenters. The quantitative estimate of drug-likeness (QED) is 0.867. The van der Waals surface area contributed by atoms with Gasteiger partial charge in [0.05, 0.1) is 17.7 Å². The summed E-state index contributed by atoms with van der Waals surface area (Å²) in [5, 5.41) is 12.7. The molecule has 1 heterocycles. The van der Waals surface area contributed by atoms with Gasteiger partial charge in [-0.2, -0.15) is 0 Å². The van der Waals surface area contributed by atoms with Crippen LogP contribution in [0.4, 0.5) is 5.69 Å². The summed E-state index contributed by atoms with van der Waals surface area (Å²) < 4.78 is 0. The fourth-order valence-electron chi connectivity index (χ4n) is 3.81. The third-order valence-electron chi connectivity index (χ3n) is 4.93. The molecule has 142 valence electrons. The highest BCUT2D eigenvalue weighted by Crippen LogP contribution is 2.25. The Hall–Kier alpha value is -2.82. The minimum absolute atomic E-state index is 0.0486. The molecule has 5 heteroatoms. The predicted molar refractivity (Wildman–Crippen MR) is 106 cm³/mol. The lowest BCUT2D eigenvalue weighted by molar-refractivity contribution is -0.115. The minimum Gasteiger partial charge on any atom is -0.508 e. The van der Waals surface area contributed by atoms with Gasteiger partial charge in [0, 0.05) is 18.7 Å². The van der Waals surface area contributed by atoms with E-state index in [4.69, 9.17) is 0 Å². The Morgan fingerprint density at radius 2 is 1.67 bits per heavy atom. The predicted octanol–water partition coefficient (Wildman–Crippen LogP) is 3.69. The summed E-state index contributed by atoms with van der Waals surface area (Å²) in [6.45, 7) is 5.80. The molecule has 5 nitrogen and oxygen atoms in total. The number of likely N-dealkylation sites (tertiary alicyclic amines) is 1. The molecule has 27 heavy (non-hydrogen) atoms. The first-order chi connectivity index (χ1) is 12.9. The van der Waals surface area contributed by atoms with Gasteiger partial charge in [0.25, 0.3) is 5.91 Å². The van der Waals surface area contributed by atoms with Gasteiger partial charge in [0.1, 0.15) is 5.75 Å². The van der Waals surface area contributed by atoms with Gasteiger partial charge in [0.2, 0.25) is 5.91 Å².